The Balaban J connectivity index is 2.77. The van der Waals surface area contributed by atoms with Crippen LogP contribution in [0.1, 0.15) is 10.4 Å². The SMILES string of the molecule is O=C(Cl)c1cc(Br)c2nc[nH]c2c1. The molecule has 1 aromatic carbocycles. The number of nitrogens with zero attached hydrogens (tertiary/aromatic N) is 1. The molecule has 66 valence electrons. The van der Waals surface area contributed by atoms with Gasteiger partial charge in [-0.3, -0.25) is 4.79 Å². The normalized spacial score (nSPS) is 10.6. The van der Waals surface area contributed by atoms with Crippen LogP contribution < -0.4 is 0 Å². The first-order valence-electron chi connectivity index (χ1n) is 3.51. The zero-order valence-corrected chi connectivity index (χ0v) is 8.69. The predicted molar refractivity (Wildman–Crippen MR) is 54.0 cm³/mol. The number of fused-ring (bicyclic) bond motifs is 1. The Morgan fingerprint density at radius 2 is 2.31 bits per heavy atom. The molecule has 2 rings (SSSR count). The van der Waals surface area contributed by atoms with Gasteiger partial charge in [-0.25, -0.2) is 4.98 Å². The van der Waals surface area contributed by atoms with E-state index in [0.717, 1.165) is 15.5 Å². The topological polar surface area (TPSA) is 45.8 Å². The van der Waals surface area contributed by atoms with E-state index in [1.807, 2.05) is 0 Å². The number of carbonyl (C=O) groups excluding carboxylic acids is 1. The van der Waals surface area contributed by atoms with Crippen molar-refractivity contribution in [3.63, 3.8) is 0 Å². The van der Waals surface area contributed by atoms with Crippen LogP contribution in [0.3, 0.4) is 0 Å². The van der Waals surface area contributed by atoms with E-state index in [9.17, 15) is 4.79 Å². The maximum atomic E-state index is 10.9. The van der Waals surface area contributed by atoms with Gasteiger partial charge in [0.2, 0.25) is 0 Å². The number of halogens is 2. The number of hydrogen-bond acceptors (Lipinski definition) is 2. The molecule has 1 aromatic heterocycles. The van der Waals surface area contributed by atoms with Gasteiger partial charge in [-0.2, -0.15) is 0 Å². The van der Waals surface area contributed by atoms with Crippen molar-refractivity contribution >= 4 is 43.8 Å². The minimum atomic E-state index is -0.475. The molecule has 0 radical (unpaired) electrons. The lowest BCUT2D eigenvalue weighted by molar-refractivity contribution is 0.108. The molecule has 0 saturated carbocycles. The number of rotatable bonds is 1. The van der Waals surface area contributed by atoms with Crippen LogP contribution in [-0.2, 0) is 0 Å². The van der Waals surface area contributed by atoms with Crippen LogP contribution >= 0.6 is 27.5 Å². The van der Waals surface area contributed by atoms with E-state index in [2.05, 4.69) is 25.9 Å². The van der Waals surface area contributed by atoms with Crippen molar-refractivity contribution in [1.82, 2.24) is 9.97 Å². The highest BCUT2D eigenvalue weighted by Gasteiger charge is 2.07. The summed E-state index contributed by atoms with van der Waals surface area (Å²) < 4.78 is 0.759. The first kappa shape index (κ1) is 8.72. The average Bonchev–Trinajstić information content (AvgIpc) is 2.51. The Hall–Kier alpha value is -0.870. The molecule has 13 heavy (non-hydrogen) atoms. The molecule has 0 bridgehead atoms. The van der Waals surface area contributed by atoms with Gasteiger partial charge in [0.15, 0.2) is 0 Å². The number of aromatic nitrogens is 2. The van der Waals surface area contributed by atoms with Gasteiger partial charge < -0.3 is 4.98 Å². The van der Waals surface area contributed by atoms with E-state index < -0.39 is 5.24 Å². The largest absolute Gasteiger partial charge is 0.345 e. The fraction of sp³-hybridized carbons (Fsp3) is 0. The van der Waals surface area contributed by atoms with Crippen molar-refractivity contribution in [1.29, 1.82) is 0 Å². The summed E-state index contributed by atoms with van der Waals surface area (Å²) in [6.45, 7) is 0. The van der Waals surface area contributed by atoms with Gasteiger partial charge in [0.25, 0.3) is 5.24 Å². The summed E-state index contributed by atoms with van der Waals surface area (Å²) in [5.74, 6) is 0. The summed E-state index contributed by atoms with van der Waals surface area (Å²) in [6, 6.07) is 3.32. The second-order valence-electron chi connectivity index (χ2n) is 2.53. The van der Waals surface area contributed by atoms with Crippen molar-refractivity contribution in [2.45, 2.75) is 0 Å². The first-order chi connectivity index (χ1) is 6.18. The highest BCUT2D eigenvalue weighted by molar-refractivity contribution is 9.10. The maximum absolute atomic E-state index is 10.9. The summed E-state index contributed by atoms with van der Waals surface area (Å²) in [6.07, 6.45) is 1.57. The molecule has 0 spiro atoms. The van der Waals surface area contributed by atoms with Gasteiger partial charge in [0.05, 0.1) is 11.8 Å². The number of carbonyl (C=O) groups is 1. The molecule has 1 N–H and O–H groups in total. The summed E-state index contributed by atoms with van der Waals surface area (Å²) in [7, 11) is 0. The van der Waals surface area contributed by atoms with Crippen LogP contribution in [0.5, 0.6) is 0 Å². The second kappa shape index (κ2) is 3.12. The summed E-state index contributed by atoms with van der Waals surface area (Å²) in [5.41, 5.74) is 2.03. The molecule has 0 saturated heterocycles. The number of benzene rings is 1. The molecular weight excluding hydrogens is 255 g/mol. The summed E-state index contributed by atoms with van der Waals surface area (Å²) in [4.78, 5) is 17.8. The fourth-order valence-electron chi connectivity index (χ4n) is 1.12. The lowest BCUT2D eigenvalue weighted by Gasteiger charge is -1.96. The molecule has 0 fully saturated rings. The third kappa shape index (κ3) is 1.47. The number of aromatic amines is 1. The Kier molecular flexibility index (Phi) is 2.09. The molecule has 1 heterocycles. The minimum Gasteiger partial charge on any atom is -0.345 e. The number of hydrogen-bond donors (Lipinski definition) is 1. The third-order valence-corrected chi connectivity index (χ3v) is 2.53. The van der Waals surface area contributed by atoms with Gasteiger partial charge in [0, 0.05) is 10.0 Å². The van der Waals surface area contributed by atoms with Crippen molar-refractivity contribution < 1.29 is 4.79 Å². The van der Waals surface area contributed by atoms with E-state index in [1.165, 1.54) is 0 Å². The molecule has 0 atom stereocenters. The highest BCUT2D eigenvalue weighted by Crippen LogP contribution is 2.23. The predicted octanol–water partition coefficient (Wildman–Crippen LogP) is 2.70. The minimum absolute atomic E-state index is 0.449. The smallest absolute Gasteiger partial charge is 0.252 e. The van der Waals surface area contributed by atoms with Gasteiger partial charge in [0.1, 0.15) is 5.52 Å². The number of imidazole rings is 1. The zero-order chi connectivity index (χ0) is 9.42. The standard InChI is InChI=1S/C8H4BrClN2O/c9-5-1-4(8(10)13)2-6-7(5)12-3-11-6/h1-3H,(H,11,12). The van der Waals surface area contributed by atoms with E-state index >= 15 is 0 Å². The lowest BCUT2D eigenvalue weighted by Crippen LogP contribution is -1.88. The third-order valence-electron chi connectivity index (χ3n) is 1.70. The van der Waals surface area contributed by atoms with Crippen LogP contribution in [0.25, 0.3) is 11.0 Å². The highest BCUT2D eigenvalue weighted by atomic mass is 79.9. The van der Waals surface area contributed by atoms with Crippen molar-refractivity contribution in [2.75, 3.05) is 0 Å². The molecular formula is C8H4BrClN2O. The molecule has 5 heteroatoms. The number of nitrogens with one attached hydrogen (secondary N) is 1. The van der Waals surface area contributed by atoms with Gasteiger partial charge in [-0.1, -0.05) is 0 Å². The van der Waals surface area contributed by atoms with Crippen LogP contribution in [-0.4, -0.2) is 15.2 Å². The van der Waals surface area contributed by atoms with E-state index in [4.69, 9.17) is 11.6 Å². The Morgan fingerprint density at radius 1 is 1.54 bits per heavy atom. The van der Waals surface area contributed by atoms with Gasteiger partial charge >= 0.3 is 0 Å². The molecule has 2 aromatic rings. The molecule has 0 aliphatic carbocycles. The van der Waals surface area contributed by atoms with Crippen LogP contribution in [0.15, 0.2) is 22.9 Å². The van der Waals surface area contributed by atoms with Gasteiger partial charge in [-0.05, 0) is 39.7 Å². The Bertz CT molecular complexity index is 480. The molecule has 3 nitrogen and oxygen atoms in total. The van der Waals surface area contributed by atoms with E-state index in [0.29, 0.717) is 5.56 Å². The van der Waals surface area contributed by atoms with E-state index in [-0.39, 0.29) is 0 Å². The van der Waals surface area contributed by atoms with Crippen molar-refractivity contribution in [3.05, 3.63) is 28.5 Å². The molecule has 0 aliphatic heterocycles. The maximum Gasteiger partial charge on any atom is 0.252 e. The van der Waals surface area contributed by atoms with Crippen LogP contribution in [0.2, 0.25) is 0 Å². The molecule has 0 unspecified atom stereocenters. The second-order valence-corrected chi connectivity index (χ2v) is 3.73. The summed E-state index contributed by atoms with van der Waals surface area (Å²) in [5, 5.41) is -0.475. The Morgan fingerprint density at radius 3 is 3.00 bits per heavy atom. The molecule has 0 aliphatic rings. The molecule has 0 amide bonds. The van der Waals surface area contributed by atoms with Crippen molar-refractivity contribution in [3.8, 4) is 0 Å². The van der Waals surface area contributed by atoms with Gasteiger partial charge in [-0.15, -0.1) is 0 Å². The first-order valence-corrected chi connectivity index (χ1v) is 4.68. The monoisotopic (exact) mass is 258 g/mol. The van der Waals surface area contributed by atoms with Crippen LogP contribution in [0.4, 0.5) is 0 Å². The average molecular weight is 259 g/mol. The van der Waals surface area contributed by atoms with E-state index in [1.54, 1.807) is 18.5 Å². The quantitative estimate of drug-likeness (QED) is 0.800. The lowest BCUT2D eigenvalue weighted by atomic mass is 10.2. The Labute approximate surface area is 87.2 Å². The van der Waals surface area contributed by atoms with Crippen molar-refractivity contribution in [2.24, 2.45) is 0 Å². The van der Waals surface area contributed by atoms with Crippen LogP contribution in [0, 0.1) is 0 Å². The zero-order valence-electron chi connectivity index (χ0n) is 6.34. The fourth-order valence-corrected chi connectivity index (χ4v) is 1.79. The number of H-pyrrole nitrogens is 1. The summed E-state index contributed by atoms with van der Waals surface area (Å²) >= 11 is 8.65.